The van der Waals surface area contributed by atoms with E-state index in [4.69, 9.17) is 11.6 Å². The van der Waals surface area contributed by atoms with E-state index in [1.807, 2.05) is 0 Å². The van der Waals surface area contributed by atoms with Gasteiger partial charge in [0.05, 0.1) is 15.6 Å². The molecule has 0 radical (unpaired) electrons. The number of rotatable bonds is 5. The van der Waals surface area contributed by atoms with Gasteiger partial charge in [0.2, 0.25) is 5.91 Å². The molecule has 0 heterocycles. The van der Waals surface area contributed by atoms with E-state index in [-0.39, 0.29) is 18.1 Å². The first-order valence-electron chi connectivity index (χ1n) is 6.50. The maximum atomic E-state index is 11.0. The lowest BCUT2D eigenvalue weighted by atomic mass is 10.1. The van der Waals surface area contributed by atoms with Crippen LogP contribution in [0.5, 0.6) is 0 Å². The molecule has 22 heavy (non-hydrogen) atoms. The second-order valence-corrected chi connectivity index (χ2v) is 5.02. The number of nitro benzene ring substituents is 1. The molecule has 0 aliphatic carbocycles. The molecule has 1 amide bonds. The highest BCUT2D eigenvalue weighted by molar-refractivity contribution is 6.33. The summed E-state index contributed by atoms with van der Waals surface area (Å²) in [5.41, 5.74) is 1.85. The Morgan fingerprint density at radius 2 is 2.00 bits per heavy atom. The second-order valence-electron chi connectivity index (χ2n) is 4.62. The van der Waals surface area contributed by atoms with E-state index in [0.717, 1.165) is 0 Å². The van der Waals surface area contributed by atoms with Crippen LogP contribution >= 0.6 is 11.6 Å². The van der Waals surface area contributed by atoms with Crippen LogP contribution < -0.4 is 10.6 Å². The van der Waals surface area contributed by atoms with Gasteiger partial charge in [0, 0.05) is 30.8 Å². The zero-order chi connectivity index (χ0) is 16.1. The summed E-state index contributed by atoms with van der Waals surface area (Å²) in [6.45, 7) is 1.69. The fourth-order valence-corrected chi connectivity index (χ4v) is 2.22. The molecule has 0 spiro atoms. The standard InChI is InChI=1S/C15H14ClN3O3/c1-10(20)18-12-6-7-14(13(16)8-12)17-9-11-4-2-3-5-15(11)19(21)22/h2-8,17H,9H2,1H3,(H,18,20). The third-order valence-corrected chi connectivity index (χ3v) is 3.26. The van der Waals surface area contributed by atoms with Crippen LogP contribution in [0.15, 0.2) is 42.5 Å². The number of anilines is 2. The number of amides is 1. The van der Waals surface area contributed by atoms with Gasteiger partial charge < -0.3 is 10.6 Å². The van der Waals surface area contributed by atoms with Crippen LogP contribution in [-0.4, -0.2) is 10.8 Å². The van der Waals surface area contributed by atoms with Crippen LogP contribution in [0, 0.1) is 10.1 Å². The highest BCUT2D eigenvalue weighted by atomic mass is 35.5. The number of nitrogens with zero attached hydrogens (tertiary/aromatic N) is 1. The monoisotopic (exact) mass is 319 g/mol. The van der Waals surface area contributed by atoms with Crippen LogP contribution in [0.4, 0.5) is 17.1 Å². The molecule has 2 aromatic carbocycles. The van der Waals surface area contributed by atoms with Gasteiger partial charge in [-0.3, -0.25) is 14.9 Å². The van der Waals surface area contributed by atoms with Crippen molar-refractivity contribution in [1.82, 2.24) is 0 Å². The summed E-state index contributed by atoms with van der Waals surface area (Å²) in [6.07, 6.45) is 0. The number of halogens is 1. The van der Waals surface area contributed by atoms with E-state index < -0.39 is 4.92 Å². The van der Waals surface area contributed by atoms with Crippen molar-refractivity contribution >= 4 is 34.6 Å². The van der Waals surface area contributed by atoms with Gasteiger partial charge in [-0.25, -0.2) is 0 Å². The Morgan fingerprint density at radius 3 is 2.64 bits per heavy atom. The topological polar surface area (TPSA) is 84.3 Å². The summed E-state index contributed by atoms with van der Waals surface area (Å²) < 4.78 is 0. The summed E-state index contributed by atoms with van der Waals surface area (Å²) in [5.74, 6) is -0.184. The van der Waals surface area contributed by atoms with E-state index in [1.165, 1.54) is 13.0 Å². The first-order valence-corrected chi connectivity index (χ1v) is 6.88. The average Bonchev–Trinajstić information content (AvgIpc) is 2.46. The van der Waals surface area contributed by atoms with Crippen molar-refractivity contribution in [3.05, 3.63) is 63.2 Å². The number of hydrogen-bond donors (Lipinski definition) is 2. The maximum absolute atomic E-state index is 11.0. The fourth-order valence-electron chi connectivity index (χ4n) is 1.97. The van der Waals surface area contributed by atoms with Crippen molar-refractivity contribution in [2.75, 3.05) is 10.6 Å². The molecule has 0 aromatic heterocycles. The van der Waals surface area contributed by atoms with Gasteiger partial charge in [0.1, 0.15) is 0 Å². The molecular weight excluding hydrogens is 306 g/mol. The number of hydrogen-bond acceptors (Lipinski definition) is 4. The predicted molar refractivity (Wildman–Crippen MR) is 86.2 cm³/mol. The second kappa shape index (κ2) is 6.91. The molecule has 0 bridgehead atoms. The van der Waals surface area contributed by atoms with Crippen molar-refractivity contribution in [2.24, 2.45) is 0 Å². The van der Waals surface area contributed by atoms with E-state index >= 15 is 0 Å². The van der Waals surface area contributed by atoms with Crippen LogP contribution in [0.1, 0.15) is 12.5 Å². The molecule has 0 unspecified atom stereocenters. The molecule has 0 aliphatic heterocycles. The Labute approximate surface area is 132 Å². The summed E-state index contributed by atoms with van der Waals surface area (Å²) in [6, 6.07) is 11.5. The van der Waals surface area contributed by atoms with Gasteiger partial charge in [-0.2, -0.15) is 0 Å². The van der Waals surface area contributed by atoms with Crippen molar-refractivity contribution in [3.63, 3.8) is 0 Å². The maximum Gasteiger partial charge on any atom is 0.274 e. The first-order chi connectivity index (χ1) is 10.5. The minimum Gasteiger partial charge on any atom is -0.379 e. The number of nitrogens with one attached hydrogen (secondary N) is 2. The third kappa shape index (κ3) is 3.95. The Hall–Kier alpha value is -2.60. The Bertz CT molecular complexity index is 719. The van der Waals surface area contributed by atoms with Gasteiger partial charge in [0.15, 0.2) is 0 Å². The highest BCUT2D eigenvalue weighted by Crippen LogP contribution is 2.27. The Morgan fingerprint density at radius 1 is 1.27 bits per heavy atom. The number of nitro groups is 1. The van der Waals surface area contributed by atoms with E-state index in [2.05, 4.69) is 10.6 Å². The van der Waals surface area contributed by atoms with Crippen LogP contribution in [0.2, 0.25) is 5.02 Å². The lowest BCUT2D eigenvalue weighted by molar-refractivity contribution is -0.385. The van der Waals surface area contributed by atoms with E-state index in [0.29, 0.717) is 22.0 Å². The molecule has 0 saturated heterocycles. The molecule has 6 nitrogen and oxygen atoms in total. The smallest absolute Gasteiger partial charge is 0.274 e. The van der Waals surface area contributed by atoms with Gasteiger partial charge in [0.25, 0.3) is 5.69 Å². The van der Waals surface area contributed by atoms with E-state index in [1.54, 1.807) is 36.4 Å². The number of carbonyl (C=O) groups is 1. The molecule has 0 fully saturated rings. The Balaban J connectivity index is 2.12. The van der Waals surface area contributed by atoms with Crippen LogP contribution in [-0.2, 0) is 11.3 Å². The summed E-state index contributed by atoms with van der Waals surface area (Å²) in [4.78, 5) is 21.5. The van der Waals surface area contributed by atoms with Crippen molar-refractivity contribution in [3.8, 4) is 0 Å². The molecular formula is C15H14ClN3O3. The first kappa shape index (κ1) is 15.8. The van der Waals surface area contributed by atoms with Gasteiger partial charge >= 0.3 is 0 Å². The zero-order valence-electron chi connectivity index (χ0n) is 11.8. The number of para-hydroxylation sites is 1. The normalized spacial score (nSPS) is 10.1. The van der Waals surface area contributed by atoms with Gasteiger partial charge in [-0.05, 0) is 18.2 Å². The van der Waals surface area contributed by atoms with Gasteiger partial charge in [-0.1, -0.05) is 29.8 Å². The SMILES string of the molecule is CC(=O)Nc1ccc(NCc2ccccc2[N+](=O)[O-])c(Cl)c1. The molecule has 7 heteroatoms. The lowest BCUT2D eigenvalue weighted by Gasteiger charge is -2.10. The molecule has 0 aliphatic rings. The van der Waals surface area contributed by atoms with Crippen molar-refractivity contribution in [1.29, 1.82) is 0 Å². The summed E-state index contributed by atoms with van der Waals surface area (Å²) >= 11 is 6.13. The van der Waals surface area contributed by atoms with Crippen LogP contribution in [0.3, 0.4) is 0 Å². The summed E-state index contributed by atoms with van der Waals surface area (Å²) in [7, 11) is 0. The van der Waals surface area contributed by atoms with Gasteiger partial charge in [-0.15, -0.1) is 0 Å². The largest absolute Gasteiger partial charge is 0.379 e. The van der Waals surface area contributed by atoms with Crippen molar-refractivity contribution < 1.29 is 9.72 Å². The minimum absolute atomic E-state index is 0.0565. The number of benzene rings is 2. The quantitative estimate of drug-likeness (QED) is 0.648. The average molecular weight is 320 g/mol. The highest BCUT2D eigenvalue weighted by Gasteiger charge is 2.12. The lowest BCUT2D eigenvalue weighted by Crippen LogP contribution is -2.06. The van der Waals surface area contributed by atoms with Crippen molar-refractivity contribution in [2.45, 2.75) is 13.5 Å². The number of carbonyl (C=O) groups excluding carboxylic acids is 1. The molecule has 2 N–H and O–H groups in total. The minimum atomic E-state index is -0.418. The fraction of sp³-hybridized carbons (Fsp3) is 0.133. The predicted octanol–water partition coefficient (Wildman–Crippen LogP) is 3.82. The Kier molecular flexibility index (Phi) is 4.95. The molecule has 2 aromatic rings. The zero-order valence-corrected chi connectivity index (χ0v) is 12.6. The third-order valence-electron chi connectivity index (χ3n) is 2.95. The molecule has 114 valence electrons. The molecule has 0 saturated carbocycles. The van der Waals surface area contributed by atoms with Crippen LogP contribution in [0.25, 0.3) is 0 Å². The molecule has 2 rings (SSSR count). The summed E-state index contributed by atoms with van der Waals surface area (Å²) in [5, 5.41) is 17.1. The van der Waals surface area contributed by atoms with E-state index in [9.17, 15) is 14.9 Å². The molecule has 0 atom stereocenters.